The second-order valence-electron chi connectivity index (χ2n) is 5.63. The third-order valence-corrected chi connectivity index (χ3v) is 3.60. The molecule has 3 nitrogen and oxygen atoms in total. The summed E-state index contributed by atoms with van der Waals surface area (Å²) in [7, 11) is 0. The van der Waals surface area contributed by atoms with Crippen LogP contribution in [0, 0.1) is 5.92 Å². The van der Waals surface area contributed by atoms with Crippen LogP contribution >= 0.6 is 0 Å². The van der Waals surface area contributed by atoms with Crippen molar-refractivity contribution in [2.75, 3.05) is 0 Å². The summed E-state index contributed by atoms with van der Waals surface area (Å²) >= 11 is 0. The lowest BCUT2D eigenvalue weighted by Crippen LogP contribution is -2.15. The molecular formula is C16H23NO2. The van der Waals surface area contributed by atoms with E-state index in [1.165, 1.54) is 25.7 Å². The highest BCUT2D eigenvalue weighted by Crippen LogP contribution is 2.26. The lowest BCUT2D eigenvalue weighted by atomic mass is 9.92. The SMILES string of the molecule is CC(C)Oc1cncc(C(=O)C2CCCCCC2)c1. The van der Waals surface area contributed by atoms with E-state index in [4.69, 9.17) is 4.74 Å². The van der Waals surface area contributed by atoms with E-state index in [1.54, 1.807) is 12.4 Å². The van der Waals surface area contributed by atoms with Gasteiger partial charge in [-0.15, -0.1) is 0 Å². The predicted molar refractivity (Wildman–Crippen MR) is 75.5 cm³/mol. The van der Waals surface area contributed by atoms with Gasteiger partial charge in [0.05, 0.1) is 12.3 Å². The second-order valence-corrected chi connectivity index (χ2v) is 5.63. The van der Waals surface area contributed by atoms with Crippen LogP contribution < -0.4 is 4.74 Å². The Kier molecular flexibility index (Phi) is 4.94. The normalized spacial score (nSPS) is 17.2. The summed E-state index contributed by atoms with van der Waals surface area (Å²) in [4.78, 5) is 16.6. The smallest absolute Gasteiger partial charge is 0.167 e. The largest absolute Gasteiger partial charge is 0.489 e. The maximum Gasteiger partial charge on any atom is 0.167 e. The number of hydrogen-bond donors (Lipinski definition) is 0. The number of ketones is 1. The third kappa shape index (κ3) is 4.05. The van der Waals surface area contributed by atoms with Gasteiger partial charge in [0.25, 0.3) is 0 Å². The zero-order valence-electron chi connectivity index (χ0n) is 11.9. The van der Waals surface area contributed by atoms with Crippen molar-refractivity contribution in [3.8, 4) is 5.75 Å². The summed E-state index contributed by atoms with van der Waals surface area (Å²) in [5, 5.41) is 0. The lowest BCUT2D eigenvalue weighted by Gasteiger charge is -2.14. The Morgan fingerprint density at radius 1 is 1.21 bits per heavy atom. The highest BCUT2D eigenvalue weighted by molar-refractivity contribution is 5.97. The number of carbonyl (C=O) groups excluding carboxylic acids is 1. The molecule has 0 atom stereocenters. The van der Waals surface area contributed by atoms with E-state index in [0.717, 1.165) is 12.8 Å². The summed E-state index contributed by atoms with van der Waals surface area (Å²) in [5.41, 5.74) is 0.699. The number of nitrogens with zero attached hydrogens (tertiary/aromatic N) is 1. The van der Waals surface area contributed by atoms with Crippen molar-refractivity contribution in [2.24, 2.45) is 5.92 Å². The number of Topliss-reactive ketones (excluding diaryl/α,β-unsaturated/α-hetero) is 1. The summed E-state index contributed by atoms with van der Waals surface area (Å²) in [6, 6.07) is 1.83. The highest BCUT2D eigenvalue weighted by Gasteiger charge is 2.22. The molecule has 0 radical (unpaired) electrons. The molecule has 1 heterocycles. The average Bonchev–Trinajstić information content (AvgIpc) is 2.66. The minimum Gasteiger partial charge on any atom is -0.489 e. The molecule has 1 saturated carbocycles. The van der Waals surface area contributed by atoms with Crippen molar-refractivity contribution in [2.45, 2.75) is 58.5 Å². The first kappa shape index (κ1) is 14.0. The Bertz CT molecular complexity index is 421. The average molecular weight is 261 g/mol. The summed E-state index contributed by atoms with van der Waals surface area (Å²) in [5.74, 6) is 1.11. The molecule has 0 aliphatic heterocycles. The maximum absolute atomic E-state index is 12.5. The van der Waals surface area contributed by atoms with Gasteiger partial charge in [-0.1, -0.05) is 25.7 Å². The molecule has 0 N–H and O–H groups in total. The van der Waals surface area contributed by atoms with E-state index >= 15 is 0 Å². The molecule has 104 valence electrons. The Morgan fingerprint density at radius 3 is 2.53 bits per heavy atom. The van der Waals surface area contributed by atoms with Crippen molar-refractivity contribution < 1.29 is 9.53 Å². The molecule has 0 unspecified atom stereocenters. The van der Waals surface area contributed by atoms with Crippen molar-refractivity contribution in [1.29, 1.82) is 0 Å². The fraction of sp³-hybridized carbons (Fsp3) is 0.625. The molecular weight excluding hydrogens is 238 g/mol. The van der Waals surface area contributed by atoms with Crippen LogP contribution in [0.3, 0.4) is 0 Å². The molecule has 1 aromatic rings. The first-order valence-electron chi connectivity index (χ1n) is 7.32. The van der Waals surface area contributed by atoms with E-state index in [2.05, 4.69) is 4.98 Å². The molecule has 0 spiro atoms. The van der Waals surface area contributed by atoms with Gasteiger partial charge in [0.2, 0.25) is 0 Å². The zero-order chi connectivity index (χ0) is 13.7. The van der Waals surface area contributed by atoms with Gasteiger partial charge in [0.15, 0.2) is 5.78 Å². The van der Waals surface area contributed by atoms with E-state index in [0.29, 0.717) is 11.3 Å². The van der Waals surface area contributed by atoms with Crippen LogP contribution in [0.1, 0.15) is 62.7 Å². The molecule has 3 heteroatoms. The van der Waals surface area contributed by atoms with Gasteiger partial charge in [-0.3, -0.25) is 9.78 Å². The molecule has 2 rings (SSSR count). The van der Waals surface area contributed by atoms with Crippen LogP contribution in [0.2, 0.25) is 0 Å². The van der Waals surface area contributed by atoms with E-state index < -0.39 is 0 Å². The van der Waals surface area contributed by atoms with E-state index in [-0.39, 0.29) is 17.8 Å². The highest BCUT2D eigenvalue weighted by atomic mass is 16.5. The Balaban J connectivity index is 2.09. The number of ether oxygens (including phenoxy) is 1. The minimum atomic E-state index is 0.102. The molecule has 1 aliphatic carbocycles. The van der Waals surface area contributed by atoms with Crippen molar-refractivity contribution >= 4 is 5.78 Å². The minimum absolute atomic E-state index is 0.102. The Morgan fingerprint density at radius 2 is 1.89 bits per heavy atom. The quantitative estimate of drug-likeness (QED) is 0.607. The number of aromatic nitrogens is 1. The number of rotatable bonds is 4. The number of carbonyl (C=O) groups is 1. The molecule has 0 amide bonds. The fourth-order valence-corrected chi connectivity index (χ4v) is 2.67. The number of pyridine rings is 1. The van der Waals surface area contributed by atoms with Crippen LogP contribution in [0.25, 0.3) is 0 Å². The van der Waals surface area contributed by atoms with Gasteiger partial charge in [0, 0.05) is 17.7 Å². The van der Waals surface area contributed by atoms with Gasteiger partial charge in [-0.05, 0) is 32.8 Å². The molecule has 0 bridgehead atoms. The van der Waals surface area contributed by atoms with Gasteiger partial charge in [-0.2, -0.15) is 0 Å². The zero-order valence-corrected chi connectivity index (χ0v) is 11.9. The van der Waals surface area contributed by atoms with Gasteiger partial charge in [-0.25, -0.2) is 0 Å². The van der Waals surface area contributed by atoms with Gasteiger partial charge < -0.3 is 4.74 Å². The summed E-state index contributed by atoms with van der Waals surface area (Å²) in [6.45, 7) is 3.94. The number of hydrogen-bond acceptors (Lipinski definition) is 3. The van der Waals surface area contributed by atoms with Gasteiger partial charge in [0.1, 0.15) is 5.75 Å². The van der Waals surface area contributed by atoms with Crippen LogP contribution in [-0.4, -0.2) is 16.9 Å². The van der Waals surface area contributed by atoms with E-state index in [9.17, 15) is 4.79 Å². The topological polar surface area (TPSA) is 39.2 Å². The van der Waals surface area contributed by atoms with Crippen molar-refractivity contribution in [3.63, 3.8) is 0 Å². The second kappa shape index (κ2) is 6.69. The lowest BCUT2D eigenvalue weighted by molar-refractivity contribution is 0.0906. The standard InChI is InChI=1S/C16H23NO2/c1-12(2)19-15-9-14(10-17-11-15)16(18)13-7-5-3-4-6-8-13/h9-13H,3-8H2,1-2H3. The third-order valence-electron chi connectivity index (χ3n) is 3.60. The Hall–Kier alpha value is -1.38. The van der Waals surface area contributed by atoms with E-state index in [1.807, 2.05) is 19.9 Å². The van der Waals surface area contributed by atoms with Crippen LogP contribution in [-0.2, 0) is 0 Å². The first-order valence-corrected chi connectivity index (χ1v) is 7.32. The first-order chi connectivity index (χ1) is 9.16. The van der Waals surface area contributed by atoms with Crippen LogP contribution in [0.4, 0.5) is 0 Å². The summed E-state index contributed by atoms with van der Waals surface area (Å²) < 4.78 is 5.60. The molecule has 0 saturated heterocycles. The maximum atomic E-state index is 12.5. The molecule has 0 aromatic carbocycles. The molecule has 19 heavy (non-hydrogen) atoms. The monoisotopic (exact) mass is 261 g/mol. The molecule has 1 aliphatic rings. The van der Waals surface area contributed by atoms with Crippen LogP contribution in [0.5, 0.6) is 5.75 Å². The van der Waals surface area contributed by atoms with Crippen LogP contribution in [0.15, 0.2) is 18.5 Å². The summed E-state index contributed by atoms with van der Waals surface area (Å²) in [6.07, 6.45) is 10.4. The molecule has 1 fully saturated rings. The fourth-order valence-electron chi connectivity index (χ4n) is 2.67. The van der Waals surface area contributed by atoms with Gasteiger partial charge >= 0.3 is 0 Å². The van der Waals surface area contributed by atoms with Crippen molar-refractivity contribution in [1.82, 2.24) is 4.98 Å². The Labute approximate surface area is 115 Å². The predicted octanol–water partition coefficient (Wildman–Crippen LogP) is 4.02. The van der Waals surface area contributed by atoms with Crippen molar-refractivity contribution in [3.05, 3.63) is 24.0 Å². The molecule has 1 aromatic heterocycles.